The first-order valence-corrected chi connectivity index (χ1v) is 4.48. The fourth-order valence-corrected chi connectivity index (χ4v) is 1.01. The zero-order valence-corrected chi connectivity index (χ0v) is 9.48. The summed E-state index contributed by atoms with van der Waals surface area (Å²) in [6, 6.07) is 2.55. The van der Waals surface area contributed by atoms with Gasteiger partial charge in [-0.1, -0.05) is 6.07 Å². The van der Waals surface area contributed by atoms with Crippen molar-refractivity contribution in [1.82, 2.24) is 5.32 Å². The van der Waals surface area contributed by atoms with Crippen LogP contribution in [0.4, 0.5) is 8.78 Å². The number of hydrogen-bond donors (Lipinski definition) is 2. The Morgan fingerprint density at radius 1 is 1.50 bits per heavy atom. The summed E-state index contributed by atoms with van der Waals surface area (Å²) in [5, 5.41) is 2.43. The molecule has 6 heteroatoms. The van der Waals surface area contributed by atoms with Gasteiger partial charge >= 0.3 is 0 Å². The minimum absolute atomic E-state index is 0. The summed E-state index contributed by atoms with van der Waals surface area (Å²) in [5.41, 5.74) is 5.52. The molecular weight excluding hydrogens is 238 g/mol. The number of nitrogens with two attached hydrogens (primary N) is 1. The number of benzene rings is 1. The third kappa shape index (κ3) is 4.12. The molecule has 3 N–H and O–H groups in total. The molecule has 0 aliphatic rings. The standard InChI is InChI=1S/C10H12F2N2O.ClH/c1-6(13)10(15)14-5-7-2-3-8(11)4-9(7)12;/h2-4,6H,5,13H2,1H3,(H,14,15);1H. The highest BCUT2D eigenvalue weighted by atomic mass is 35.5. The molecule has 3 nitrogen and oxygen atoms in total. The molecule has 0 radical (unpaired) electrons. The van der Waals surface area contributed by atoms with Crippen molar-refractivity contribution in [2.75, 3.05) is 0 Å². The summed E-state index contributed by atoms with van der Waals surface area (Å²) in [5.74, 6) is -1.70. The average molecular weight is 251 g/mol. The summed E-state index contributed by atoms with van der Waals surface area (Å²) in [6.07, 6.45) is 0. The molecule has 1 rings (SSSR count). The quantitative estimate of drug-likeness (QED) is 0.851. The minimum Gasteiger partial charge on any atom is -0.351 e. The van der Waals surface area contributed by atoms with Gasteiger partial charge in [-0.2, -0.15) is 0 Å². The zero-order valence-electron chi connectivity index (χ0n) is 8.67. The van der Waals surface area contributed by atoms with Gasteiger partial charge in [0.15, 0.2) is 0 Å². The third-order valence-corrected chi connectivity index (χ3v) is 1.88. The second-order valence-electron chi connectivity index (χ2n) is 3.24. The minimum atomic E-state index is -0.681. The molecule has 0 fully saturated rings. The molecular formula is C10H13ClF2N2O. The van der Waals surface area contributed by atoms with Crippen LogP contribution in [0.2, 0.25) is 0 Å². The number of nitrogens with one attached hydrogen (secondary N) is 1. The van der Waals surface area contributed by atoms with E-state index < -0.39 is 17.7 Å². The van der Waals surface area contributed by atoms with Gasteiger partial charge in [0.25, 0.3) is 0 Å². The number of halogens is 3. The van der Waals surface area contributed by atoms with Crippen molar-refractivity contribution in [3.05, 3.63) is 35.4 Å². The number of amides is 1. The van der Waals surface area contributed by atoms with Crippen LogP contribution >= 0.6 is 12.4 Å². The molecule has 1 aromatic rings. The lowest BCUT2D eigenvalue weighted by Gasteiger charge is -2.08. The molecule has 0 saturated carbocycles. The van der Waals surface area contributed by atoms with E-state index in [1.54, 1.807) is 0 Å². The molecule has 0 aromatic heterocycles. The predicted molar refractivity (Wildman–Crippen MR) is 59.1 cm³/mol. The fourth-order valence-electron chi connectivity index (χ4n) is 1.01. The predicted octanol–water partition coefficient (Wildman–Crippen LogP) is 1.35. The topological polar surface area (TPSA) is 55.1 Å². The maximum Gasteiger partial charge on any atom is 0.236 e. The Bertz CT molecular complexity index is 372. The smallest absolute Gasteiger partial charge is 0.236 e. The average Bonchev–Trinajstić information content (AvgIpc) is 2.15. The maximum atomic E-state index is 13.1. The van der Waals surface area contributed by atoms with Crippen molar-refractivity contribution in [2.45, 2.75) is 19.5 Å². The van der Waals surface area contributed by atoms with Crippen LogP contribution in [-0.4, -0.2) is 11.9 Å². The van der Waals surface area contributed by atoms with Crippen LogP contribution in [-0.2, 0) is 11.3 Å². The van der Waals surface area contributed by atoms with Crippen molar-refractivity contribution >= 4 is 18.3 Å². The SMILES string of the molecule is CC(N)C(=O)NCc1ccc(F)cc1F.Cl. The molecule has 0 aliphatic heterocycles. The van der Waals surface area contributed by atoms with E-state index in [0.29, 0.717) is 0 Å². The summed E-state index contributed by atoms with van der Waals surface area (Å²) in [6.45, 7) is 1.53. The molecule has 0 aliphatic carbocycles. The van der Waals surface area contributed by atoms with E-state index in [1.807, 2.05) is 0 Å². The Morgan fingerprint density at radius 2 is 2.12 bits per heavy atom. The molecule has 1 amide bonds. The van der Waals surface area contributed by atoms with E-state index in [1.165, 1.54) is 13.0 Å². The van der Waals surface area contributed by atoms with Crippen LogP contribution in [0.3, 0.4) is 0 Å². The van der Waals surface area contributed by atoms with Crippen molar-refractivity contribution in [2.24, 2.45) is 5.73 Å². The normalized spacial score (nSPS) is 11.5. The number of carbonyl (C=O) groups excluding carboxylic acids is 1. The Labute approximate surface area is 98.4 Å². The first kappa shape index (κ1) is 14.8. The van der Waals surface area contributed by atoms with Gasteiger partial charge in [-0.05, 0) is 13.0 Å². The van der Waals surface area contributed by atoms with Crippen molar-refractivity contribution in [3.8, 4) is 0 Å². The van der Waals surface area contributed by atoms with E-state index in [-0.39, 0.29) is 30.4 Å². The van der Waals surface area contributed by atoms with Crippen LogP contribution < -0.4 is 11.1 Å². The van der Waals surface area contributed by atoms with E-state index in [9.17, 15) is 13.6 Å². The Hall–Kier alpha value is -1.20. The highest BCUT2D eigenvalue weighted by Crippen LogP contribution is 2.08. The van der Waals surface area contributed by atoms with E-state index in [0.717, 1.165) is 12.1 Å². The van der Waals surface area contributed by atoms with Gasteiger partial charge in [-0.3, -0.25) is 4.79 Å². The van der Waals surface area contributed by atoms with Crippen molar-refractivity contribution in [3.63, 3.8) is 0 Å². The van der Waals surface area contributed by atoms with Crippen LogP contribution in [0.5, 0.6) is 0 Å². The summed E-state index contributed by atoms with van der Waals surface area (Å²) in [4.78, 5) is 11.1. The van der Waals surface area contributed by atoms with Crippen LogP contribution in [0, 0.1) is 11.6 Å². The van der Waals surface area contributed by atoms with Crippen molar-refractivity contribution in [1.29, 1.82) is 0 Å². The van der Waals surface area contributed by atoms with Gasteiger partial charge in [0.1, 0.15) is 11.6 Å². The monoisotopic (exact) mass is 250 g/mol. The molecule has 1 unspecified atom stereocenters. The van der Waals surface area contributed by atoms with Gasteiger partial charge < -0.3 is 11.1 Å². The summed E-state index contributed by atoms with van der Waals surface area (Å²) < 4.78 is 25.6. The first-order valence-electron chi connectivity index (χ1n) is 4.48. The largest absolute Gasteiger partial charge is 0.351 e. The molecule has 0 bridgehead atoms. The molecule has 0 saturated heterocycles. The van der Waals surface area contributed by atoms with Crippen LogP contribution in [0.25, 0.3) is 0 Å². The molecule has 16 heavy (non-hydrogen) atoms. The van der Waals surface area contributed by atoms with Gasteiger partial charge in [-0.25, -0.2) is 8.78 Å². The Morgan fingerprint density at radius 3 is 2.62 bits per heavy atom. The fraction of sp³-hybridized carbons (Fsp3) is 0.300. The zero-order chi connectivity index (χ0) is 11.4. The molecule has 0 spiro atoms. The lowest BCUT2D eigenvalue weighted by atomic mass is 10.2. The third-order valence-electron chi connectivity index (χ3n) is 1.88. The molecule has 0 heterocycles. The second kappa shape index (κ2) is 6.40. The summed E-state index contributed by atoms with van der Waals surface area (Å²) in [7, 11) is 0. The van der Waals surface area contributed by atoms with E-state index >= 15 is 0 Å². The molecule has 1 aromatic carbocycles. The maximum absolute atomic E-state index is 13.1. The van der Waals surface area contributed by atoms with Gasteiger partial charge in [0, 0.05) is 18.2 Å². The number of rotatable bonds is 3. The highest BCUT2D eigenvalue weighted by molar-refractivity contribution is 5.85. The van der Waals surface area contributed by atoms with Crippen molar-refractivity contribution < 1.29 is 13.6 Å². The Kier molecular flexibility index (Phi) is 5.92. The van der Waals surface area contributed by atoms with Crippen LogP contribution in [0.1, 0.15) is 12.5 Å². The molecule has 90 valence electrons. The van der Waals surface area contributed by atoms with E-state index in [4.69, 9.17) is 5.73 Å². The summed E-state index contributed by atoms with van der Waals surface area (Å²) >= 11 is 0. The van der Waals surface area contributed by atoms with Crippen LogP contribution in [0.15, 0.2) is 18.2 Å². The van der Waals surface area contributed by atoms with E-state index in [2.05, 4.69) is 5.32 Å². The molecule has 1 atom stereocenters. The second-order valence-corrected chi connectivity index (χ2v) is 3.24. The lowest BCUT2D eigenvalue weighted by molar-refractivity contribution is -0.122. The van der Waals surface area contributed by atoms with Gasteiger partial charge in [0.05, 0.1) is 6.04 Å². The number of hydrogen-bond acceptors (Lipinski definition) is 2. The lowest BCUT2D eigenvalue weighted by Crippen LogP contribution is -2.37. The van der Waals surface area contributed by atoms with Gasteiger partial charge in [0.2, 0.25) is 5.91 Å². The number of carbonyl (C=O) groups is 1. The highest BCUT2D eigenvalue weighted by Gasteiger charge is 2.08. The first-order chi connectivity index (χ1) is 7.00. The Balaban J connectivity index is 0.00000225. The van der Waals surface area contributed by atoms with Gasteiger partial charge in [-0.15, -0.1) is 12.4 Å².